The Bertz CT molecular complexity index is 435. The average Bonchev–Trinajstić information content (AvgIpc) is 2.43. The van der Waals surface area contributed by atoms with Crippen molar-refractivity contribution in [2.24, 2.45) is 0 Å². The summed E-state index contributed by atoms with van der Waals surface area (Å²) in [5.41, 5.74) is 0.487. The van der Waals surface area contributed by atoms with Crippen LogP contribution in [-0.2, 0) is 0 Å². The summed E-state index contributed by atoms with van der Waals surface area (Å²) < 4.78 is 5.75. The molecular formula is C15H24N2O3. The van der Waals surface area contributed by atoms with Crippen LogP contribution in [0.15, 0.2) is 18.2 Å². The second-order valence-electron chi connectivity index (χ2n) is 4.94. The highest BCUT2D eigenvalue weighted by molar-refractivity contribution is 5.68. The molecule has 20 heavy (non-hydrogen) atoms. The highest BCUT2D eigenvalue weighted by Crippen LogP contribution is 2.35. The zero-order valence-electron chi connectivity index (χ0n) is 12.5. The first-order chi connectivity index (χ1) is 9.60. The van der Waals surface area contributed by atoms with Crippen molar-refractivity contribution in [2.45, 2.75) is 52.1 Å². The topological polar surface area (TPSA) is 64.4 Å². The number of hydrogen-bond donors (Lipinski definition) is 1. The first kappa shape index (κ1) is 16.3. The summed E-state index contributed by atoms with van der Waals surface area (Å²) in [5, 5.41) is 14.0. The van der Waals surface area contributed by atoms with Gasteiger partial charge in [-0.25, -0.2) is 0 Å². The van der Waals surface area contributed by atoms with Crippen molar-refractivity contribution in [1.29, 1.82) is 0 Å². The molecule has 0 aromatic heterocycles. The van der Waals surface area contributed by atoms with Crippen LogP contribution in [0.25, 0.3) is 0 Å². The Hall–Kier alpha value is -1.78. The summed E-state index contributed by atoms with van der Waals surface area (Å²) in [5.74, 6) is 0.338. The van der Waals surface area contributed by atoms with E-state index >= 15 is 0 Å². The molecule has 0 aliphatic carbocycles. The lowest BCUT2D eigenvalue weighted by molar-refractivity contribution is -0.385. The summed E-state index contributed by atoms with van der Waals surface area (Å²) in [6.45, 7) is 4.13. The van der Waals surface area contributed by atoms with Gasteiger partial charge in [0.2, 0.25) is 0 Å². The molecule has 0 amide bonds. The third-order valence-electron chi connectivity index (χ3n) is 3.24. The molecule has 0 bridgehead atoms. The summed E-state index contributed by atoms with van der Waals surface area (Å²) in [7, 11) is 1.67. The Morgan fingerprint density at radius 2 is 2.10 bits per heavy atom. The molecule has 5 nitrogen and oxygen atoms in total. The van der Waals surface area contributed by atoms with Gasteiger partial charge in [0.25, 0.3) is 0 Å². The molecule has 0 spiro atoms. The van der Waals surface area contributed by atoms with Crippen LogP contribution in [0, 0.1) is 10.1 Å². The molecule has 0 saturated heterocycles. The molecule has 1 aromatic rings. The molecule has 0 aliphatic rings. The van der Waals surface area contributed by atoms with Gasteiger partial charge in [0.05, 0.1) is 11.0 Å². The van der Waals surface area contributed by atoms with Gasteiger partial charge in [-0.15, -0.1) is 0 Å². The fourth-order valence-corrected chi connectivity index (χ4v) is 2.14. The highest BCUT2D eigenvalue weighted by Gasteiger charge is 2.21. The number of hydrogen-bond acceptors (Lipinski definition) is 4. The van der Waals surface area contributed by atoms with E-state index in [4.69, 9.17) is 4.74 Å². The number of nitro groups is 1. The van der Waals surface area contributed by atoms with Gasteiger partial charge >= 0.3 is 5.69 Å². The minimum Gasteiger partial charge on any atom is -0.484 e. The number of benzene rings is 1. The minimum absolute atomic E-state index is 0.00964. The highest BCUT2D eigenvalue weighted by atomic mass is 16.6. The predicted molar refractivity (Wildman–Crippen MR) is 81.5 cm³/mol. The molecule has 5 heteroatoms. The lowest BCUT2D eigenvalue weighted by Gasteiger charge is -2.15. The molecule has 0 fully saturated rings. The summed E-state index contributed by atoms with van der Waals surface area (Å²) in [6, 6.07) is 5.09. The van der Waals surface area contributed by atoms with Gasteiger partial charge in [0.15, 0.2) is 5.75 Å². The second kappa shape index (κ2) is 8.40. The third-order valence-corrected chi connectivity index (χ3v) is 3.24. The average molecular weight is 280 g/mol. The van der Waals surface area contributed by atoms with Crippen LogP contribution in [0.4, 0.5) is 11.4 Å². The number of nitro benzene ring substituents is 1. The quantitative estimate of drug-likeness (QED) is 0.414. The van der Waals surface area contributed by atoms with Gasteiger partial charge in [-0.2, -0.15) is 0 Å². The Morgan fingerprint density at radius 3 is 2.70 bits per heavy atom. The van der Waals surface area contributed by atoms with Crippen LogP contribution in [0.1, 0.15) is 46.0 Å². The van der Waals surface area contributed by atoms with Crippen LogP contribution >= 0.6 is 0 Å². The largest absolute Gasteiger partial charge is 0.484 e. The van der Waals surface area contributed by atoms with Gasteiger partial charge in [-0.3, -0.25) is 10.1 Å². The van der Waals surface area contributed by atoms with E-state index in [1.54, 1.807) is 25.2 Å². The van der Waals surface area contributed by atoms with E-state index in [1.165, 1.54) is 19.3 Å². The number of unbranched alkanes of at least 4 members (excludes halogenated alkanes) is 3. The van der Waals surface area contributed by atoms with E-state index in [0.717, 1.165) is 12.8 Å². The maximum Gasteiger partial charge on any atom is 0.333 e. The molecule has 0 aliphatic heterocycles. The fraction of sp³-hybridized carbons (Fsp3) is 0.600. The fourth-order valence-electron chi connectivity index (χ4n) is 2.14. The van der Waals surface area contributed by atoms with Crippen molar-refractivity contribution >= 4 is 11.4 Å². The Kier molecular flexibility index (Phi) is 6.84. The maximum atomic E-state index is 11.2. The monoisotopic (exact) mass is 280 g/mol. The van der Waals surface area contributed by atoms with Crippen LogP contribution in [0.2, 0.25) is 0 Å². The van der Waals surface area contributed by atoms with Gasteiger partial charge < -0.3 is 10.1 Å². The summed E-state index contributed by atoms with van der Waals surface area (Å²) in [6.07, 6.45) is 5.60. The van der Waals surface area contributed by atoms with E-state index in [2.05, 4.69) is 12.2 Å². The van der Waals surface area contributed by atoms with Crippen molar-refractivity contribution < 1.29 is 9.66 Å². The third kappa shape index (κ3) is 4.72. The smallest absolute Gasteiger partial charge is 0.333 e. The molecule has 1 rings (SSSR count). The number of nitrogens with one attached hydrogen (secondary N) is 1. The van der Waals surface area contributed by atoms with Crippen LogP contribution in [0.5, 0.6) is 5.75 Å². The van der Waals surface area contributed by atoms with E-state index in [0.29, 0.717) is 11.4 Å². The minimum atomic E-state index is -0.398. The maximum absolute atomic E-state index is 11.2. The first-order valence-corrected chi connectivity index (χ1v) is 7.22. The van der Waals surface area contributed by atoms with Gasteiger partial charge in [-0.05, 0) is 31.9 Å². The Labute approximate surface area is 120 Å². The van der Waals surface area contributed by atoms with Gasteiger partial charge in [-0.1, -0.05) is 32.3 Å². The van der Waals surface area contributed by atoms with Crippen molar-refractivity contribution in [3.05, 3.63) is 28.3 Å². The number of rotatable bonds is 9. The van der Waals surface area contributed by atoms with Crippen molar-refractivity contribution in [2.75, 3.05) is 12.4 Å². The van der Waals surface area contributed by atoms with E-state index in [9.17, 15) is 10.1 Å². The summed E-state index contributed by atoms with van der Waals surface area (Å²) >= 11 is 0. The predicted octanol–water partition coefficient (Wildman–Crippen LogP) is 4.37. The van der Waals surface area contributed by atoms with E-state index < -0.39 is 4.92 Å². The molecule has 1 atom stereocenters. The molecule has 1 unspecified atom stereocenters. The normalized spacial score (nSPS) is 11.9. The summed E-state index contributed by atoms with van der Waals surface area (Å²) in [4.78, 5) is 10.8. The van der Waals surface area contributed by atoms with Gasteiger partial charge in [0, 0.05) is 7.05 Å². The van der Waals surface area contributed by atoms with Crippen molar-refractivity contribution in [3.63, 3.8) is 0 Å². The number of para-hydroxylation sites is 1. The molecule has 1 N–H and O–H groups in total. The zero-order valence-corrected chi connectivity index (χ0v) is 12.5. The second-order valence-corrected chi connectivity index (χ2v) is 4.94. The van der Waals surface area contributed by atoms with Crippen molar-refractivity contribution in [3.8, 4) is 5.75 Å². The first-order valence-electron chi connectivity index (χ1n) is 7.22. The van der Waals surface area contributed by atoms with Crippen LogP contribution in [0.3, 0.4) is 0 Å². The molecule has 112 valence electrons. The van der Waals surface area contributed by atoms with Crippen LogP contribution in [-0.4, -0.2) is 18.1 Å². The van der Waals surface area contributed by atoms with E-state index in [-0.39, 0.29) is 11.8 Å². The number of nitrogens with zero attached hydrogens (tertiary/aromatic N) is 1. The zero-order chi connectivity index (χ0) is 15.0. The van der Waals surface area contributed by atoms with Crippen molar-refractivity contribution in [1.82, 2.24) is 0 Å². The Balaban J connectivity index is 2.69. The SMILES string of the molecule is CCCCCCC(C)Oc1cccc(NC)c1[N+](=O)[O-]. The molecule has 0 heterocycles. The molecule has 0 radical (unpaired) electrons. The van der Waals surface area contributed by atoms with E-state index in [1.807, 2.05) is 6.92 Å². The molecule has 0 saturated carbocycles. The van der Waals surface area contributed by atoms with Gasteiger partial charge in [0.1, 0.15) is 5.69 Å². The standard InChI is InChI=1S/C15H24N2O3/c1-4-5-6-7-9-12(2)20-14-11-8-10-13(16-3)15(14)17(18)19/h8,10-12,16H,4-7,9H2,1-3H3. The van der Waals surface area contributed by atoms with Crippen LogP contribution < -0.4 is 10.1 Å². The number of ether oxygens (including phenoxy) is 1. The molecular weight excluding hydrogens is 256 g/mol. The number of anilines is 1. The molecule has 1 aromatic carbocycles. The lowest BCUT2D eigenvalue weighted by atomic mass is 10.1. The lowest BCUT2D eigenvalue weighted by Crippen LogP contribution is -2.13. The Morgan fingerprint density at radius 1 is 1.35 bits per heavy atom.